The summed E-state index contributed by atoms with van der Waals surface area (Å²) >= 11 is 0. The fraction of sp³-hybridized carbons (Fsp3) is 0.714. The number of ether oxygens (including phenoxy) is 1. The number of phenols is 1. The standard InChI is InChI=1S/C21H32O2/c1-6-7-8-9-15-12-17(22)19-18(13-15)23-21(5)11-10-16(14(21)2)20(19,3)4/h12-14,16,22H,6-11H2,1-5H3/t14?,16-,21+/m0/s1. The molecule has 2 heteroatoms. The van der Waals surface area contributed by atoms with Crippen molar-refractivity contribution >= 4 is 0 Å². The second-order valence-electron chi connectivity index (χ2n) is 8.52. The first kappa shape index (κ1) is 16.7. The molecule has 2 bridgehead atoms. The van der Waals surface area contributed by atoms with Crippen molar-refractivity contribution in [1.82, 2.24) is 0 Å². The topological polar surface area (TPSA) is 29.5 Å². The predicted molar refractivity (Wildman–Crippen MR) is 95.3 cm³/mol. The average molecular weight is 316 g/mol. The molecule has 2 aliphatic rings. The largest absolute Gasteiger partial charge is 0.507 e. The van der Waals surface area contributed by atoms with Crippen LogP contribution >= 0.6 is 0 Å². The van der Waals surface area contributed by atoms with E-state index in [1.807, 2.05) is 6.07 Å². The van der Waals surface area contributed by atoms with E-state index < -0.39 is 0 Å². The number of phenolic OH excluding ortho intramolecular Hbond substituents is 1. The van der Waals surface area contributed by atoms with Gasteiger partial charge in [-0.1, -0.05) is 40.5 Å². The van der Waals surface area contributed by atoms with E-state index in [4.69, 9.17) is 4.74 Å². The van der Waals surface area contributed by atoms with Gasteiger partial charge >= 0.3 is 0 Å². The molecular formula is C21H32O2. The van der Waals surface area contributed by atoms with Gasteiger partial charge in [0.05, 0.1) is 0 Å². The van der Waals surface area contributed by atoms with Crippen LogP contribution in [0.5, 0.6) is 11.5 Å². The Morgan fingerprint density at radius 1 is 1.22 bits per heavy atom. The molecule has 1 aliphatic carbocycles. The summed E-state index contributed by atoms with van der Waals surface area (Å²) in [6.45, 7) is 11.4. The van der Waals surface area contributed by atoms with E-state index >= 15 is 0 Å². The van der Waals surface area contributed by atoms with E-state index in [1.54, 1.807) is 0 Å². The number of benzene rings is 1. The molecule has 23 heavy (non-hydrogen) atoms. The number of rotatable bonds is 4. The van der Waals surface area contributed by atoms with Crippen molar-refractivity contribution in [2.75, 3.05) is 0 Å². The third-order valence-corrected chi connectivity index (χ3v) is 6.64. The lowest BCUT2D eigenvalue weighted by atomic mass is 9.68. The summed E-state index contributed by atoms with van der Waals surface area (Å²) < 4.78 is 6.55. The smallest absolute Gasteiger partial charge is 0.127 e. The average Bonchev–Trinajstić information content (AvgIpc) is 2.71. The van der Waals surface area contributed by atoms with Crippen LogP contribution in [0.4, 0.5) is 0 Å². The van der Waals surface area contributed by atoms with Gasteiger partial charge in [-0.25, -0.2) is 0 Å². The number of fused-ring (bicyclic) bond motifs is 3. The van der Waals surface area contributed by atoms with Crippen LogP contribution in [0.1, 0.15) is 77.8 Å². The number of hydrogen-bond donors (Lipinski definition) is 1. The van der Waals surface area contributed by atoms with Gasteiger partial charge in [0.25, 0.3) is 0 Å². The summed E-state index contributed by atoms with van der Waals surface area (Å²) in [7, 11) is 0. The van der Waals surface area contributed by atoms with Crippen LogP contribution in [0.15, 0.2) is 12.1 Å². The van der Waals surface area contributed by atoms with E-state index in [0.29, 0.717) is 17.6 Å². The number of aryl methyl sites for hydroxylation is 1. The lowest BCUT2D eigenvalue weighted by Crippen LogP contribution is -2.37. The summed E-state index contributed by atoms with van der Waals surface area (Å²) in [6, 6.07) is 4.18. The van der Waals surface area contributed by atoms with Crippen LogP contribution in [0.25, 0.3) is 0 Å². The summed E-state index contributed by atoms with van der Waals surface area (Å²) in [5, 5.41) is 10.8. The van der Waals surface area contributed by atoms with Crippen molar-refractivity contribution in [2.24, 2.45) is 11.8 Å². The van der Waals surface area contributed by atoms with Gasteiger partial charge in [0.15, 0.2) is 0 Å². The second-order valence-corrected chi connectivity index (χ2v) is 8.52. The fourth-order valence-corrected chi connectivity index (χ4v) is 5.02. The molecule has 1 fully saturated rings. The number of aromatic hydroxyl groups is 1. The first-order chi connectivity index (χ1) is 10.8. The van der Waals surface area contributed by atoms with Crippen molar-refractivity contribution in [3.05, 3.63) is 23.3 Å². The van der Waals surface area contributed by atoms with Gasteiger partial charge in [-0.05, 0) is 62.1 Å². The molecule has 1 aromatic carbocycles. The highest BCUT2D eigenvalue weighted by atomic mass is 16.5. The third-order valence-electron chi connectivity index (χ3n) is 6.64. The van der Waals surface area contributed by atoms with Crippen molar-refractivity contribution in [2.45, 2.75) is 84.2 Å². The van der Waals surface area contributed by atoms with Crippen molar-refractivity contribution in [1.29, 1.82) is 0 Å². The molecule has 0 aromatic heterocycles. The molecule has 1 aromatic rings. The van der Waals surface area contributed by atoms with E-state index in [-0.39, 0.29) is 11.0 Å². The summed E-state index contributed by atoms with van der Waals surface area (Å²) in [5.74, 6) is 2.43. The minimum atomic E-state index is -0.0956. The van der Waals surface area contributed by atoms with E-state index in [1.165, 1.54) is 31.2 Å². The van der Waals surface area contributed by atoms with Crippen molar-refractivity contribution in [3.63, 3.8) is 0 Å². The summed E-state index contributed by atoms with van der Waals surface area (Å²) in [5.41, 5.74) is 2.09. The predicted octanol–water partition coefficient (Wildman–Crippen LogP) is 5.60. The van der Waals surface area contributed by atoms with Crippen LogP contribution in [0.2, 0.25) is 0 Å². The zero-order valence-corrected chi connectivity index (χ0v) is 15.4. The summed E-state index contributed by atoms with van der Waals surface area (Å²) in [6.07, 6.45) is 6.95. The van der Waals surface area contributed by atoms with Crippen LogP contribution in [-0.4, -0.2) is 10.7 Å². The summed E-state index contributed by atoms with van der Waals surface area (Å²) in [4.78, 5) is 0. The maximum absolute atomic E-state index is 10.8. The van der Waals surface area contributed by atoms with Gasteiger partial charge in [0, 0.05) is 11.0 Å². The molecule has 3 rings (SSSR count). The SMILES string of the molecule is CCCCCc1cc(O)c2c(c1)O[C@]1(C)CC[C@@H](C1C)C2(C)C. The minimum absolute atomic E-state index is 0.0466. The van der Waals surface area contributed by atoms with Crippen LogP contribution in [0.3, 0.4) is 0 Å². The Kier molecular flexibility index (Phi) is 4.14. The van der Waals surface area contributed by atoms with Gasteiger partial charge in [-0.2, -0.15) is 0 Å². The van der Waals surface area contributed by atoms with Crippen LogP contribution < -0.4 is 4.74 Å². The van der Waals surface area contributed by atoms with Crippen molar-refractivity contribution in [3.8, 4) is 11.5 Å². The molecule has 2 nitrogen and oxygen atoms in total. The third kappa shape index (κ3) is 2.64. The molecule has 0 spiro atoms. The lowest BCUT2D eigenvalue weighted by Gasteiger charge is -2.34. The van der Waals surface area contributed by atoms with Crippen LogP contribution in [-0.2, 0) is 11.8 Å². The number of hydrogen-bond acceptors (Lipinski definition) is 2. The Bertz CT molecular complexity index is 590. The Hall–Kier alpha value is -1.18. The Labute approximate surface area is 141 Å². The monoisotopic (exact) mass is 316 g/mol. The highest BCUT2D eigenvalue weighted by molar-refractivity contribution is 5.53. The Morgan fingerprint density at radius 2 is 1.96 bits per heavy atom. The van der Waals surface area contributed by atoms with Crippen molar-refractivity contribution < 1.29 is 9.84 Å². The van der Waals surface area contributed by atoms with E-state index in [9.17, 15) is 5.11 Å². The first-order valence-corrected chi connectivity index (χ1v) is 9.35. The zero-order valence-electron chi connectivity index (χ0n) is 15.4. The van der Waals surface area contributed by atoms with Crippen LogP contribution in [0, 0.1) is 11.8 Å². The molecule has 3 atom stereocenters. The molecule has 1 heterocycles. The molecule has 1 saturated carbocycles. The molecule has 0 radical (unpaired) electrons. The molecule has 1 aliphatic heterocycles. The van der Waals surface area contributed by atoms with E-state index in [0.717, 1.165) is 24.2 Å². The maximum Gasteiger partial charge on any atom is 0.127 e. The van der Waals surface area contributed by atoms with Gasteiger partial charge in [-0.15, -0.1) is 0 Å². The van der Waals surface area contributed by atoms with Gasteiger partial charge < -0.3 is 9.84 Å². The highest BCUT2D eigenvalue weighted by Gasteiger charge is 2.54. The number of unbranched alkanes of at least 4 members (excludes halogenated alkanes) is 2. The Morgan fingerprint density at radius 3 is 2.65 bits per heavy atom. The molecule has 1 N–H and O–H groups in total. The minimum Gasteiger partial charge on any atom is -0.507 e. The molecule has 1 unspecified atom stereocenters. The maximum atomic E-state index is 10.8. The molecular weight excluding hydrogens is 284 g/mol. The van der Waals surface area contributed by atoms with Gasteiger partial charge in [-0.3, -0.25) is 0 Å². The van der Waals surface area contributed by atoms with Gasteiger partial charge in [0.1, 0.15) is 17.1 Å². The molecule has 0 saturated heterocycles. The normalized spacial score (nSPS) is 31.3. The quantitative estimate of drug-likeness (QED) is 0.733. The fourth-order valence-electron chi connectivity index (χ4n) is 5.02. The Balaban J connectivity index is 2.03. The lowest BCUT2D eigenvalue weighted by molar-refractivity contribution is 0.0478. The highest BCUT2D eigenvalue weighted by Crippen LogP contribution is 2.58. The second kappa shape index (κ2) is 5.72. The molecule has 128 valence electrons. The first-order valence-electron chi connectivity index (χ1n) is 9.35. The molecule has 0 amide bonds. The zero-order chi connectivity index (χ0) is 16.8. The van der Waals surface area contributed by atoms with Gasteiger partial charge in [0.2, 0.25) is 0 Å². The van der Waals surface area contributed by atoms with E-state index in [2.05, 4.69) is 40.7 Å².